The summed E-state index contributed by atoms with van der Waals surface area (Å²) in [5, 5.41) is 12.4. The number of carbonyl (C=O) groups is 1. The van der Waals surface area contributed by atoms with E-state index in [4.69, 9.17) is 0 Å². The van der Waals surface area contributed by atoms with Gasteiger partial charge >= 0.3 is 0 Å². The second kappa shape index (κ2) is 5.96. The number of nitrogens with zero attached hydrogens (tertiary/aromatic N) is 4. The van der Waals surface area contributed by atoms with E-state index in [1.54, 1.807) is 30.9 Å². The first-order valence-corrected chi connectivity index (χ1v) is 6.68. The molecular weight excluding hydrogens is 258 g/mol. The van der Waals surface area contributed by atoms with E-state index in [0.717, 1.165) is 0 Å². The molecule has 0 aliphatic heterocycles. The van der Waals surface area contributed by atoms with Gasteiger partial charge in [0, 0.05) is 5.92 Å². The number of imidazole rings is 1. The van der Waals surface area contributed by atoms with Crippen molar-refractivity contribution in [2.75, 3.05) is 5.32 Å². The van der Waals surface area contributed by atoms with E-state index < -0.39 is 6.10 Å². The van der Waals surface area contributed by atoms with Gasteiger partial charge in [0.25, 0.3) is 0 Å². The van der Waals surface area contributed by atoms with E-state index in [1.807, 2.05) is 6.92 Å². The Kier molecular flexibility index (Phi) is 4.29. The van der Waals surface area contributed by atoms with Crippen LogP contribution in [-0.2, 0) is 11.3 Å². The number of aliphatic hydroxyl groups is 1. The number of amides is 1. The number of carbonyl (C=O) groups excluding carboxylic acids is 1. The third-order valence-electron chi connectivity index (χ3n) is 3.00. The van der Waals surface area contributed by atoms with Gasteiger partial charge in [0.1, 0.15) is 5.52 Å². The van der Waals surface area contributed by atoms with Gasteiger partial charge in [0.2, 0.25) is 11.9 Å². The van der Waals surface area contributed by atoms with Crippen LogP contribution in [0, 0.1) is 5.92 Å². The van der Waals surface area contributed by atoms with E-state index >= 15 is 0 Å². The first-order valence-electron chi connectivity index (χ1n) is 6.68. The molecule has 2 N–H and O–H groups in total. The van der Waals surface area contributed by atoms with Crippen LogP contribution in [-0.4, -0.2) is 36.6 Å². The van der Waals surface area contributed by atoms with Crippen LogP contribution in [0.3, 0.4) is 0 Å². The molecule has 2 aromatic rings. The van der Waals surface area contributed by atoms with Gasteiger partial charge in [-0.15, -0.1) is 0 Å². The number of nitrogens with one attached hydrogen (secondary N) is 1. The van der Waals surface area contributed by atoms with Crippen LogP contribution in [0.2, 0.25) is 0 Å². The molecule has 7 nitrogen and oxygen atoms in total. The number of rotatable bonds is 5. The molecule has 7 heteroatoms. The first-order chi connectivity index (χ1) is 9.51. The molecular formula is C13H19N5O2. The third kappa shape index (κ3) is 3.11. The van der Waals surface area contributed by atoms with Crippen LogP contribution < -0.4 is 5.32 Å². The minimum Gasteiger partial charge on any atom is -0.391 e. The molecule has 2 heterocycles. The number of anilines is 1. The van der Waals surface area contributed by atoms with E-state index in [9.17, 15) is 9.90 Å². The van der Waals surface area contributed by atoms with Crippen LogP contribution >= 0.6 is 0 Å². The molecule has 0 fully saturated rings. The molecule has 0 spiro atoms. The van der Waals surface area contributed by atoms with E-state index in [-0.39, 0.29) is 17.8 Å². The highest BCUT2D eigenvalue weighted by atomic mass is 16.3. The van der Waals surface area contributed by atoms with Crippen molar-refractivity contribution >= 4 is 23.0 Å². The molecule has 1 amide bonds. The van der Waals surface area contributed by atoms with Crippen molar-refractivity contribution in [1.82, 2.24) is 19.5 Å². The van der Waals surface area contributed by atoms with Gasteiger partial charge in [-0.05, 0) is 6.42 Å². The zero-order valence-electron chi connectivity index (χ0n) is 11.9. The van der Waals surface area contributed by atoms with Gasteiger partial charge < -0.3 is 9.67 Å². The Balaban J connectivity index is 2.27. The van der Waals surface area contributed by atoms with E-state index in [0.29, 0.717) is 24.1 Å². The second-order valence-corrected chi connectivity index (χ2v) is 5.01. The summed E-state index contributed by atoms with van der Waals surface area (Å²) in [6.45, 7) is 5.93. The zero-order chi connectivity index (χ0) is 14.7. The topological polar surface area (TPSA) is 92.9 Å². The summed E-state index contributed by atoms with van der Waals surface area (Å²) in [6, 6.07) is 0. The highest BCUT2D eigenvalue weighted by Gasteiger charge is 2.12. The van der Waals surface area contributed by atoms with Gasteiger partial charge in [-0.1, -0.05) is 20.8 Å². The summed E-state index contributed by atoms with van der Waals surface area (Å²) in [6.07, 6.45) is 3.39. The lowest BCUT2D eigenvalue weighted by atomic mass is 10.2. The van der Waals surface area contributed by atoms with Crippen molar-refractivity contribution in [3.63, 3.8) is 0 Å². The molecule has 1 atom stereocenters. The molecule has 0 unspecified atom stereocenters. The first kappa shape index (κ1) is 14.4. The maximum absolute atomic E-state index is 11.6. The molecule has 0 aromatic carbocycles. The van der Waals surface area contributed by atoms with Crippen molar-refractivity contribution in [1.29, 1.82) is 0 Å². The van der Waals surface area contributed by atoms with Gasteiger partial charge in [-0.2, -0.15) is 4.98 Å². The fourth-order valence-electron chi connectivity index (χ4n) is 1.66. The highest BCUT2D eigenvalue weighted by molar-refractivity contribution is 5.91. The largest absolute Gasteiger partial charge is 0.391 e. The number of fused-ring (bicyclic) bond motifs is 1. The van der Waals surface area contributed by atoms with Crippen LogP contribution in [0.1, 0.15) is 27.2 Å². The molecule has 0 saturated carbocycles. The van der Waals surface area contributed by atoms with E-state index in [2.05, 4.69) is 20.3 Å². The monoisotopic (exact) mass is 277 g/mol. The lowest BCUT2D eigenvalue weighted by Gasteiger charge is -2.09. The Morgan fingerprint density at radius 1 is 1.45 bits per heavy atom. The standard InChI is InChI=1S/C13H19N5O2/c1-4-9(19)6-18-7-15-10-5-14-13(16-11(10)18)17-12(20)8(2)3/h5,7-9,19H,4,6H2,1-3H3,(H,14,16,17,20)/t9-/m1/s1. The third-order valence-corrected chi connectivity index (χ3v) is 3.00. The van der Waals surface area contributed by atoms with Crippen LogP contribution in [0.15, 0.2) is 12.5 Å². The van der Waals surface area contributed by atoms with Crippen molar-refractivity contribution in [3.8, 4) is 0 Å². The maximum atomic E-state index is 11.6. The van der Waals surface area contributed by atoms with Crippen molar-refractivity contribution in [2.45, 2.75) is 39.8 Å². The van der Waals surface area contributed by atoms with Gasteiger partial charge in [0.05, 0.1) is 25.2 Å². The molecule has 0 radical (unpaired) electrons. The molecule has 20 heavy (non-hydrogen) atoms. The van der Waals surface area contributed by atoms with Gasteiger partial charge in [0.15, 0.2) is 5.65 Å². The molecule has 0 saturated heterocycles. The molecule has 2 rings (SSSR count). The van der Waals surface area contributed by atoms with Crippen LogP contribution in [0.4, 0.5) is 5.95 Å². The predicted molar refractivity (Wildman–Crippen MR) is 75.1 cm³/mol. The molecule has 0 bridgehead atoms. The fourth-order valence-corrected chi connectivity index (χ4v) is 1.66. The van der Waals surface area contributed by atoms with Crippen molar-refractivity contribution in [2.24, 2.45) is 5.92 Å². The van der Waals surface area contributed by atoms with Gasteiger partial charge in [-0.3, -0.25) is 10.1 Å². The SMILES string of the molecule is CC[C@@H](O)Cn1cnc2cnc(NC(=O)C(C)C)nc21. The molecule has 2 aromatic heterocycles. The van der Waals surface area contributed by atoms with Crippen LogP contribution in [0.5, 0.6) is 0 Å². The Bertz CT molecular complexity index is 608. The Morgan fingerprint density at radius 2 is 2.20 bits per heavy atom. The average Bonchev–Trinajstić information content (AvgIpc) is 2.81. The smallest absolute Gasteiger partial charge is 0.231 e. The lowest BCUT2D eigenvalue weighted by Crippen LogP contribution is -2.20. The number of hydrogen-bond acceptors (Lipinski definition) is 5. The van der Waals surface area contributed by atoms with Crippen LogP contribution in [0.25, 0.3) is 11.2 Å². The number of aromatic nitrogens is 4. The van der Waals surface area contributed by atoms with Gasteiger partial charge in [-0.25, -0.2) is 9.97 Å². The minimum absolute atomic E-state index is 0.135. The molecule has 108 valence electrons. The maximum Gasteiger partial charge on any atom is 0.231 e. The summed E-state index contributed by atoms with van der Waals surface area (Å²) in [5.74, 6) is -0.0194. The predicted octanol–water partition coefficient (Wildman–Crippen LogP) is 1.19. The fraction of sp³-hybridized carbons (Fsp3) is 0.538. The Hall–Kier alpha value is -2.02. The van der Waals surface area contributed by atoms with Crippen molar-refractivity contribution < 1.29 is 9.90 Å². The number of hydrogen-bond donors (Lipinski definition) is 2. The second-order valence-electron chi connectivity index (χ2n) is 5.01. The quantitative estimate of drug-likeness (QED) is 0.856. The summed E-state index contributed by atoms with van der Waals surface area (Å²) in [4.78, 5) is 24.2. The summed E-state index contributed by atoms with van der Waals surface area (Å²) >= 11 is 0. The lowest BCUT2D eigenvalue weighted by molar-refractivity contribution is -0.118. The zero-order valence-corrected chi connectivity index (χ0v) is 11.9. The van der Waals surface area contributed by atoms with Crippen molar-refractivity contribution in [3.05, 3.63) is 12.5 Å². The highest BCUT2D eigenvalue weighted by Crippen LogP contribution is 2.13. The average molecular weight is 277 g/mol. The Labute approximate surface area is 117 Å². The summed E-state index contributed by atoms with van der Waals surface area (Å²) in [5.41, 5.74) is 1.24. The number of aliphatic hydroxyl groups excluding tert-OH is 1. The molecule has 0 aliphatic carbocycles. The van der Waals surface area contributed by atoms with E-state index in [1.165, 1.54) is 0 Å². The molecule has 0 aliphatic rings. The summed E-state index contributed by atoms with van der Waals surface area (Å²) in [7, 11) is 0. The minimum atomic E-state index is -0.448. The normalized spacial score (nSPS) is 12.8. The Morgan fingerprint density at radius 3 is 2.85 bits per heavy atom. The summed E-state index contributed by atoms with van der Waals surface area (Å²) < 4.78 is 1.76.